The summed E-state index contributed by atoms with van der Waals surface area (Å²) < 4.78 is 19.2. The molecule has 8 rings (SSSR count). The number of nitrogens with zero attached hydrogens (tertiary/aromatic N) is 2. The van der Waals surface area contributed by atoms with Crippen molar-refractivity contribution in [1.82, 2.24) is 41.7 Å². The highest BCUT2D eigenvalue weighted by atomic mass is 32.2. The number of ether oxygens (including phenoxy) is 3. The summed E-state index contributed by atoms with van der Waals surface area (Å²) in [4.78, 5) is 48.1. The van der Waals surface area contributed by atoms with Crippen molar-refractivity contribution in [3.8, 4) is 0 Å². The summed E-state index contributed by atoms with van der Waals surface area (Å²) in [5, 5.41) is 31.5. The minimum absolute atomic E-state index is 0.0507. The molecule has 1 unspecified atom stereocenters. The normalized spacial score (nSPS) is 31.4. The second-order valence-corrected chi connectivity index (χ2v) is 24.9. The van der Waals surface area contributed by atoms with Crippen LogP contribution in [0, 0.1) is 10.8 Å². The molecular weight excluding hydrogens is 977 g/mol. The molecule has 0 aromatic heterocycles. The first kappa shape index (κ1) is 54.3. The number of thiocarbonyl (C=S) groups is 2. The second-order valence-electron chi connectivity index (χ2n) is 21.5. The lowest BCUT2D eigenvalue weighted by atomic mass is 9.83. The lowest BCUT2D eigenvalue weighted by molar-refractivity contribution is -0.155. The second kappa shape index (κ2) is 22.9. The van der Waals surface area contributed by atoms with Crippen molar-refractivity contribution in [3.63, 3.8) is 0 Å². The first-order valence-corrected chi connectivity index (χ1v) is 28.4. The Hall–Kier alpha value is -2.95. The Bertz CT molecular complexity index is 2280. The van der Waals surface area contributed by atoms with Crippen LogP contribution in [0.15, 0.2) is 48.5 Å². The highest BCUT2D eigenvalue weighted by Gasteiger charge is 2.57. The van der Waals surface area contributed by atoms with Gasteiger partial charge in [-0.05, 0) is 86.0 Å². The number of amides is 3. The molecule has 71 heavy (non-hydrogen) atoms. The van der Waals surface area contributed by atoms with E-state index in [0.29, 0.717) is 61.5 Å². The molecule has 7 N–H and O–H groups in total. The quantitative estimate of drug-likeness (QED) is 0.0600. The van der Waals surface area contributed by atoms with Gasteiger partial charge in [0.1, 0.15) is 12.1 Å². The van der Waals surface area contributed by atoms with Crippen LogP contribution in [0.2, 0.25) is 0 Å². The Morgan fingerprint density at radius 1 is 0.775 bits per heavy atom. The number of carbonyl (C=O) groups is 3. The molecule has 0 radical (unpaired) electrons. The standard InChI is InChI=1S/C52H76N8O7S4/c1-30(53-7)46(68)56-36-17-23-70-41-28-51(5,6)44(60(41)48(36)62)45(61)57-43-35-16-12-10-14-33(35)26-38(43)67-22-20-65-19-21-66-37-25-32-13-9-11-15-34(32)42(37)55-29-39-50(3,4)27-40-59(39)49(63)52(64,18-24-71-40)58-47(69)31(2)54-8/h9-16,30-31,36-44,53-55,64H,17-29H2,1-8H3,(H,56,68)(H,57,61)(H,58,69)/t30-,31-,36-,37+,38+,39?,40-,41-,42-,43-,44+,52-/m0/s1. The maximum atomic E-state index is 14.6. The molecule has 2 aromatic rings. The summed E-state index contributed by atoms with van der Waals surface area (Å²) in [6.45, 7) is 14.4. The van der Waals surface area contributed by atoms with Gasteiger partial charge in [0.15, 0.2) is 0 Å². The van der Waals surface area contributed by atoms with Crippen molar-refractivity contribution >= 4 is 75.7 Å². The third kappa shape index (κ3) is 11.7. The number of hydrogen-bond donors (Lipinski definition) is 7. The topological polar surface area (TPSA) is 178 Å². The van der Waals surface area contributed by atoms with Crippen LogP contribution in [0.1, 0.15) is 102 Å². The molecule has 15 nitrogen and oxygen atoms in total. The molecule has 3 amide bonds. The van der Waals surface area contributed by atoms with Crippen LogP contribution in [0.3, 0.4) is 0 Å². The molecule has 0 saturated carbocycles. The van der Waals surface area contributed by atoms with Crippen LogP contribution in [0.25, 0.3) is 0 Å². The minimum atomic E-state index is -1.78. The third-order valence-corrected chi connectivity index (χ3v) is 19.2. The van der Waals surface area contributed by atoms with Crippen molar-refractivity contribution in [1.29, 1.82) is 0 Å². The molecule has 6 aliphatic rings. The van der Waals surface area contributed by atoms with Gasteiger partial charge in [-0.15, -0.1) is 23.5 Å². The molecule has 2 aliphatic carbocycles. The zero-order valence-electron chi connectivity index (χ0n) is 42.6. The Labute approximate surface area is 439 Å². The van der Waals surface area contributed by atoms with Crippen LogP contribution >= 0.6 is 48.0 Å². The van der Waals surface area contributed by atoms with E-state index in [2.05, 4.69) is 96.0 Å². The van der Waals surface area contributed by atoms with Gasteiger partial charge in [-0.25, -0.2) is 0 Å². The number of hydrogen-bond acceptors (Lipinski definition) is 14. The molecule has 0 spiro atoms. The van der Waals surface area contributed by atoms with Gasteiger partial charge in [0.2, 0.25) is 17.5 Å². The van der Waals surface area contributed by atoms with E-state index in [1.54, 1.807) is 30.6 Å². The smallest absolute Gasteiger partial charge is 0.276 e. The van der Waals surface area contributed by atoms with Crippen LogP contribution < -0.4 is 31.9 Å². The van der Waals surface area contributed by atoms with Gasteiger partial charge in [0.05, 0.1) is 89.6 Å². The molecule has 4 heterocycles. The summed E-state index contributed by atoms with van der Waals surface area (Å²) in [5.74, 6) is 0.844. The van der Waals surface area contributed by atoms with E-state index in [1.165, 1.54) is 11.1 Å². The van der Waals surface area contributed by atoms with Crippen LogP contribution in [0.5, 0.6) is 0 Å². The summed E-state index contributed by atoms with van der Waals surface area (Å²) >= 11 is 14.7. The van der Waals surface area contributed by atoms with Gasteiger partial charge >= 0.3 is 0 Å². The van der Waals surface area contributed by atoms with Gasteiger partial charge in [-0.2, -0.15) is 0 Å². The number of thioether (sulfide) groups is 2. The predicted octanol–water partition coefficient (Wildman–Crippen LogP) is 4.36. The number of nitrogens with one attached hydrogen (secondary N) is 6. The molecule has 4 fully saturated rings. The van der Waals surface area contributed by atoms with Gasteiger partial charge < -0.3 is 61.0 Å². The zero-order chi connectivity index (χ0) is 50.8. The Morgan fingerprint density at radius 3 is 1.99 bits per heavy atom. The van der Waals surface area contributed by atoms with Crippen molar-refractivity contribution in [2.75, 3.05) is 58.6 Å². The predicted molar refractivity (Wildman–Crippen MR) is 289 cm³/mol. The van der Waals surface area contributed by atoms with Crippen molar-refractivity contribution in [2.24, 2.45) is 10.8 Å². The van der Waals surface area contributed by atoms with Crippen LogP contribution in [-0.2, 0) is 41.4 Å². The van der Waals surface area contributed by atoms with E-state index >= 15 is 0 Å². The molecule has 2 aromatic carbocycles. The number of rotatable bonds is 19. The lowest BCUT2D eigenvalue weighted by Gasteiger charge is -2.39. The largest absolute Gasteiger partial charge is 0.377 e. The molecule has 4 saturated heterocycles. The lowest BCUT2D eigenvalue weighted by Crippen LogP contribution is -2.63. The van der Waals surface area contributed by atoms with Crippen molar-refractivity contribution in [2.45, 2.75) is 151 Å². The fourth-order valence-electron chi connectivity index (χ4n) is 11.5. The van der Waals surface area contributed by atoms with Crippen LogP contribution in [0.4, 0.5) is 0 Å². The number of carbonyl (C=O) groups excluding carboxylic acids is 3. The molecule has 19 heteroatoms. The molecule has 12 atom stereocenters. The van der Waals surface area contributed by atoms with Gasteiger partial charge in [-0.1, -0.05) is 101 Å². The van der Waals surface area contributed by atoms with E-state index < -0.39 is 23.2 Å². The fraction of sp³-hybridized carbons (Fsp3) is 0.673. The first-order chi connectivity index (χ1) is 33.9. The third-order valence-electron chi connectivity index (χ3n) is 15.8. The summed E-state index contributed by atoms with van der Waals surface area (Å²) in [6, 6.07) is 14.5. The molecular formula is C52H76N8O7S4. The van der Waals surface area contributed by atoms with Gasteiger partial charge in [0, 0.05) is 31.6 Å². The number of benzene rings is 2. The van der Waals surface area contributed by atoms with E-state index in [-0.39, 0.29) is 82.7 Å². The van der Waals surface area contributed by atoms with Crippen molar-refractivity contribution in [3.05, 3.63) is 70.8 Å². The number of likely N-dealkylation sites (N-methyl/N-ethyl adjacent to an activating group) is 2. The van der Waals surface area contributed by atoms with Crippen LogP contribution in [-0.4, -0.2) is 160 Å². The Morgan fingerprint density at radius 2 is 1.34 bits per heavy atom. The average molecular weight is 1050 g/mol. The van der Waals surface area contributed by atoms with E-state index in [9.17, 15) is 19.5 Å². The first-order valence-electron chi connectivity index (χ1n) is 25.4. The summed E-state index contributed by atoms with van der Waals surface area (Å²) in [6.07, 6.45) is 3.38. The summed E-state index contributed by atoms with van der Waals surface area (Å²) in [5.41, 5.74) is 2.14. The number of fused-ring (bicyclic) bond motifs is 4. The van der Waals surface area contributed by atoms with E-state index in [1.807, 2.05) is 42.8 Å². The SMILES string of the molecule is CN[C@@H](C)C(=S)N[C@H]1CCS[C@H]2CC(C)(C)[C@@H](C(=O)N[C@H]3c4ccccc4C[C@H]3OCCOCCO[C@@H]3Cc4ccccc4[C@@H]3NCC3N4C(=O)[C@](O)(NC(=S)[C@H](C)NC)CCS[C@H]4CC3(C)C)N2C1=O. The Kier molecular flexibility index (Phi) is 17.5. The van der Waals surface area contributed by atoms with E-state index in [0.717, 1.165) is 36.1 Å². The molecule has 0 bridgehead atoms. The van der Waals surface area contributed by atoms with E-state index in [4.69, 9.17) is 38.6 Å². The highest BCUT2D eigenvalue weighted by molar-refractivity contribution is 8.00. The number of aliphatic hydroxyl groups is 1. The minimum Gasteiger partial charge on any atom is -0.377 e. The zero-order valence-corrected chi connectivity index (χ0v) is 45.9. The summed E-state index contributed by atoms with van der Waals surface area (Å²) in [7, 11) is 3.64. The monoisotopic (exact) mass is 1050 g/mol. The van der Waals surface area contributed by atoms with Crippen molar-refractivity contribution < 1.29 is 33.7 Å². The maximum Gasteiger partial charge on any atom is 0.276 e. The highest BCUT2D eigenvalue weighted by Crippen LogP contribution is 2.49. The maximum absolute atomic E-state index is 14.6. The van der Waals surface area contributed by atoms with Gasteiger partial charge in [-0.3, -0.25) is 14.4 Å². The fourth-order valence-corrected chi connectivity index (χ4v) is 15.2. The average Bonchev–Trinajstić information content (AvgIpc) is 3.98. The molecule has 4 aliphatic heterocycles. The Balaban J connectivity index is 0.852. The van der Waals surface area contributed by atoms with Gasteiger partial charge in [0.25, 0.3) is 5.91 Å². The molecule has 390 valence electrons.